The highest BCUT2D eigenvalue weighted by Crippen LogP contribution is 2.26. The maximum absolute atomic E-state index is 4.42. The predicted octanol–water partition coefficient (Wildman–Crippen LogP) is 5.85. The SMILES string of the molecule is Cc1ccccc1-c1ccc(-c2ccc(C3=CCCC=C3)nn2)cc1. The van der Waals surface area contributed by atoms with Gasteiger partial charge >= 0.3 is 0 Å². The molecule has 2 nitrogen and oxygen atoms in total. The van der Waals surface area contributed by atoms with E-state index in [-0.39, 0.29) is 0 Å². The molecule has 0 bridgehead atoms. The third kappa shape index (κ3) is 3.29. The number of benzene rings is 2. The summed E-state index contributed by atoms with van der Waals surface area (Å²) >= 11 is 0. The van der Waals surface area contributed by atoms with E-state index in [1.807, 2.05) is 6.07 Å². The fraction of sp³-hybridized carbons (Fsp3) is 0.130. The summed E-state index contributed by atoms with van der Waals surface area (Å²) in [5.74, 6) is 0. The second-order valence-corrected chi connectivity index (χ2v) is 6.34. The number of aryl methyl sites for hydroxylation is 1. The second-order valence-electron chi connectivity index (χ2n) is 6.34. The molecule has 1 heterocycles. The van der Waals surface area contributed by atoms with Crippen molar-refractivity contribution in [3.63, 3.8) is 0 Å². The van der Waals surface area contributed by atoms with Gasteiger partial charge in [0.2, 0.25) is 0 Å². The highest BCUT2D eigenvalue weighted by Gasteiger charge is 2.06. The van der Waals surface area contributed by atoms with Gasteiger partial charge in [0.05, 0.1) is 11.4 Å². The number of nitrogens with zero attached hydrogens (tertiary/aromatic N) is 2. The predicted molar refractivity (Wildman–Crippen MR) is 104 cm³/mol. The van der Waals surface area contributed by atoms with Crippen LogP contribution >= 0.6 is 0 Å². The van der Waals surface area contributed by atoms with Crippen LogP contribution in [0.3, 0.4) is 0 Å². The molecule has 2 aromatic carbocycles. The van der Waals surface area contributed by atoms with Crippen LogP contribution in [0.1, 0.15) is 24.1 Å². The van der Waals surface area contributed by atoms with E-state index >= 15 is 0 Å². The quantitative estimate of drug-likeness (QED) is 0.603. The molecule has 2 heteroatoms. The topological polar surface area (TPSA) is 25.8 Å². The van der Waals surface area contributed by atoms with Crippen LogP contribution in [-0.2, 0) is 0 Å². The van der Waals surface area contributed by atoms with Crippen molar-refractivity contribution >= 4 is 5.57 Å². The van der Waals surface area contributed by atoms with Crippen molar-refractivity contribution in [3.05, 3.63) is 90.1 Å². The molecule has 0 N–H and O–H groups in total. The van der Waals surface area contributed by atoms with E-state index in [9.17, 15) is 0 Å². The minimum atomic E-state index is 0.903. The highest BCUT2D eigenvalue weighted by molar-refractivity contribution is 5.74. The Labute approximate surface area is 148 Å². The molecule has 4 rings (SSSR count). The summed E-state index contributed by atoms with van der Waals surface area (Å²) in [4.78, 5) is 0. The van der Waals surface area contributed by atoms with Gasteiger partial charge in [-0.25, -0.2) is 0 Å². The van der Waals surface area contributed by atoms with Crippen molar-refractivity contribution in [1.29, 1.82) is 0 Å². The summed E-state index contributed by atoms with van der Waals surface area (Å²) < 4.78 is 0. The van der Waals surface area contributed by atoms with Crippen LogP contribution in [0.4, 0.5) is 0 Å². The standard InChI is InChI=1S/C23H20N2/c1-17-7-5-6-10-21(17)18-11-13-20(14-12-18)23-16-15-22(24-25-23)19-8-3-2-4-9-19/h3,5-16H,2,4H2,1H3. The summed E-state index contributed by atoms with van der Waals surface area (Å²) in [6, 6.07) is 21.1. The molecule has 0 radical (unpaired) electrons. The Kier molecular flexibility index (Phi) is 4.26. The summed E-state index contributed by atoms with van der Waals surface area (Å²) in [6.45, 7) is 2.14. The second kappa shape index (κ2) is 6.86. The van der Waals surface area contributed by atoms with Crippen LogP contribution in [0, 0.1) is 6.92 Å². The number of allylic oxidation sites excluding steroid dienone is 4. The fourth-order valence-electron chi connectivity index (χ4n) is 3.16. The number of aromatic nitrogens is 2. The smallest absolute Gasteiger partial charge is 0.0930 e. The molecule has 3 aromatic rings. The normalized spacial score (nSPS) is 13.6. The third-order valence-electron chi connectivity index (χ3n) is 4.59. The van der Waals surface area contributed by atoms with Gasteiger partial charge in [-0.2, -0.15) is 0 Å². The van der Waals surface area contributed by atoms with E-state index in [1.54, 1.807) is 0 Å². The van der Waals surface area contributed by atoms with Crippen molar-refractivity contribution in [2.75, 3.05) is 0 Å². The molecular weight excluding hydrogens is 304 g/mol. The minimum Gasteiger partial charge on any atom is -0.150 e. The molecule has 1 aromatic heterocycles. The Morgan fingerprint density at radius 3 is 2.12 bits per heavy atom. The van der Waals surface area contributed by atoms with Crippen molar-refractivity contribution in [3.8, 4) is 22.4 Å². The average Bonchev–Trinajstić information content (AvgIpc) is 2.69. The van der Waals surface area contributed by atoms with Crippen LogP contribution in [0.15, 0.2) is 78.9 Å². The molecule has 0 spiro atoms. The Morgan fingerprint density at radius 1 is 0.720 bits per heavy atom. The maximum Gasteiger partial charge on any atom is 0.0930 e. The van der Waals surface area contributed by atoms with Gasteiger partial charge < -0.3 is 0 Å². The van der Waals surface area contributed by atoms with E-state index in [4.69, 9.17) is 0 Å². The molecule has 0 saturated heterocycles. The lowest BCUT2D eigenvalue weighted by atomic mass is 9.99. The van der Waals surface area contributed by atoms with Crippen LogP contribution in [0.25, 0.3) is 28.0 Å². The average molecular weight is 324 g/mol. The molecular formula is C23H20N2. The van der Waals surface area contributed by atoms with Gasteiger partial charge in [-0.1, -0.05) is 66.8 Å². The zero-order chi connectivity index (χ0) is 17.1. The summed E-state index contributed by atoms with van der Waals surface area (Å²) in [7, 11) is 0. The van der Waals surface area contributed by atoms with Crippen LogP contribution < -0.4 is 0 Å². The molecule has 0 saturated carbocycles. The number of rotatable bonds is 3. The lowest BCUT2D eigenvalue weighted by molar-refractivity contribution is 1.000. The molecule has 0 aliphatic heterocycles. The summed E-state index contributed by atoms with van der Waals surface area (Å²) in [5.41, 5.74) is 7.88. The van der Waals surface area contributed by atoms with E-state index in [2.05, 4.69) is 89.9 Å². The zero-order valence-electron chi connectivity index (χ0n) is 14.3. The number of hydrogen-bond donors (Lipinski definition) is 0. The number of hydrogen-bond acceptors (Lipinski definition) is 2. The van der Waals surface area contributed by atoms with Crippen molar-refractivity contribution in [2.24, 2.45) is 0 Å². The first-order chi connectivity index (χ1) is 12.3. The van der Waals surface area contributed by atoms with Gasteiger partial charge in [0.1, 0.15) is 0 Å². The first kappa shape index (κ1) is 15.5. The fourth-order valence-corrected chi connectivity index (χ4v) is 3.16. The Hall–Kier alpha value is -3.00. The molecule has 25 heavy (non-hydrogen) atoms. The van der Waals surface area contributed by atoms with Crippen molar-refractivity contribution in [1.82, 2.24) is 10.2 Å². The molecule has 1 aliphatic rings. The van der Waals surface area contributed by atoms with E-state index in [0.717, 1.165) is 29.8 Å². The summed E-state index contributed by atoms with van der Waals surface area (Å²) in [5, 5.41) is 8.82. The van der Waals surface area contributed by atoms with E-state index < -0.39 is 0 Å². The van der Waals surface area contributed by atoms with Crippen LogP contribution in [0.5, 0.6) is 0 Å². The Balaban J connectivity index is 1.59. The largest absolute Gasteiger partial charge is 0.150 e. The Morgan fingerprint density at radius 2 is 1.44 bits per heavy atom. The summed E-state index contributed by atoms with van der Waals surface area (Å²) in [6.07, 6.45) is 8.73. The van der Waals surface area contributed by atoms with Gasteiger partial charge in [-0.3, -0.25) is 0 Å². The molecule has 0 atom stereocenters. The first-order valence-corrected chi connectivity index (χ1v) is 8.68. The first-order valence-electron chi connectivity index (χ1n) is 8.68. The molecule has 0 fully saturated rings. The molecule has 0 amide bonds. The zero-order valence-corrected chi connectivity index (χ0v) is 14.3. The third-order valence-corrected chi connectivity index (χ3v) is 4.59. The van der Waals surface area contributed by atoms with Crippen molar-refractivity contribution in [2.45, 2.75) is 19.8 Å². The molecule has 1 aliphatic carbocycles. The van der Waals surface area contributed by atoms with Crippen LogP contribution in [0.2, 0.25) is 0 Å². The highest BCUT2D eigenvalue weighted by atomic mass is 15.1. The van der Waals surface area contributed by atoms with E-state index in [0.29, 0.717) is 0 Å². The van der Waals surface area contributed by atoms with E-state index in [1.165, 1.54) is 22.3 Å². The lowest BCUT2D eigenvalue weighted by Gasteiger charge is -2.08. The van der Waals surface area contributed by atoms with Gasteiger partial charge in [0, 0.05) is 5.56 Å². The minimum absolute atomic E-state index is 0.903. The monoisotopic (exact) mass is 324 g/mol. The van der Waals surface area contributed by atoms with Crippen molar-refractivity contribution < 1.29 is 0 Å². The van der Waals surface area contributed by atoms with Gasteiger partial charge in [0.15, 0.2) is 0 Å². The molecule has 122 valence electrons. The lowest BCUT2D eigenvalue weighted by Crippen LogP contribution is -1.94. The van der Waals surface area contributed by atoms with Gasteiger partial charge in [0.25, 0.3) is 0 Å². The Bertz CT molecular complexity index is 933. The van der Waals surface area contributed by atoms with Gasteiger partial charge in [-0.05, 0) is 54.2 Å². The maximum atomic E-state index is 4.42. The molecule has 0 unspecified atom stereocenters. The van der Waals surface area contributed by atoms with Gasteiger partial charge in [-0.15, -0.1) is 10.2 Å². The van der Waals surface area contributed by atoms with Crippen LogP contribution in [-0.4, -0.2) is 10.2 Å².